The van der Waals surface area contributed by atoms with Gasteiger partial charge in [0.25, 0.3) is 0 Å². The van der Waals surface area contributed by atoms with Crippen LogP contribution in [-0.2, 0) is 27.9 Å². The summed E-state index contributed by atoms with van der Waals surface area (Å²) in [6, 6.07) is 0. The first kappa shape index (κ1) is 55.9. The number of rotatable bonds is 44. The third-order valence-electron chi connectivity index (χ3n) is 9.61. The van der Waals surface area contributed by atoms with Crippen molar-refractivity contribution in [2.24, 2.45) is 5.73 Å². The standard InChI is InChI=1S/C49H88NO7P/c1-3-5-7-9-11-13-15-17-19-21-23-24-25-26-28-30-32-34-36-38-40-42-49(51)57-48(47-56-58(52,53)55-45-43-50)46-54-44-41-39-37-35-33-31-29-27-22-20-18-16-14-12-10-8-6-4-2/h6,8,12,14-15,17-18,20-21,23,25-26,48H,3-5,7,9-11,13,16,19,22,24,27-47,50H2,1-2H3,(H,52,53)/b8-6-,14-12-,17-15-,20-18-,23-21-,26-25-. The summed E-state index contributed by atoms with van der Waals surface area (Å²) in [6.07, 6.45) is 57.8. The van der Waals surface area contributed by atoms with Crippen LogP contribution < -0.4 is 5.73 Å². The molecule has 0 aromatic rings. The van der Waals surface area contributed by atoms with E-state index in [1.165, 1.54) is 89.9 Å². The first-order chi connectivity index (χ1) is 28.4. The average Bonchev–Trinajstić information content (AvgIpc) is 3.21. The predicted molar refractivity (Wildman–Crippen MR) is 247 cm³/mol. The summed E-state index contributed by atoms with van der Waals surface area (Å²) in [5, 5.41) is 0. The van der Waals surface area contributed by atoms with Crippen molar-refractivity contribution in [3.05, 3.63) is 72.9 Å². The van der Waals surface area contributed by atoms with E-state index in [1.54, 1.807) is 0 Å². The van der Waals surface area contributed by atoms with Gasteiger partial charge in [-0.1, -0.05) is 177 Å². The van der Waals surface area contributed by atoms with Crippen molar-refractivity contribution in [1.82, 2.24) is 0 Å². The highest BCUT2D eigenvalue weighted by Gasteiger charge is 2.25. The molecule has 2 atom stereocenters. The van der Waals surface area contributed by atoms with Gasteiger partial charge in [-0.15, -0.1) is 0 Å². The maximum atomic E-state index is 12.6. The number of hydrogen-bond donors (Lipinski definition) is 2. The van der Waals surface area contributed by atoms with Crippen molar-refractivity contribution in [2.45, 2.75) is 200 Å². The van der Waals surface area contributed by atoms with Crippen LogP contribution in [0.5, 0.6) is 0 Å². The molecule has 9 heteroatoms. The lowest BCUT2D eigenvalue weighted by Crippen LogP contribution is -2.28. The van der Waals surface area contributed by atoms with Gasteiger partial charge < -0.3 is 20.1 Å². The number of nitrogens with two attached hydrogens (primary N) is 1. The normalized spacial score (nSPS) is 14.1. The van der Waals surface area contributed by atoms with Gasteiger partial charge in [0.05, 0.1) is 19.8 Å². The Kier molecular flexibility index (Phi) is 44.4. The van der Waals surface area contributed by atoms with Crippen molar-refractivity contribution in [1.29, 1.82) is 0 Å². The Bertz CT molecular complexity index is 1120. The van der Waals surface area contributed by atoms with Crippen LogP contribution in [0, 0.1) is 0 Å². The van der Waals surface area contributed by atoms with Crippen molar-refractivity contribution < 1.29 is 32.8 Å². The van der Waals surface area contributed by atoms with Gasteiger partial charge in [0.1, 0.15) is 6.10 Å². The van der Waals surface area contributed by atoms with Crippen molar-refractivity contribution >= 4 is 13.8 Å². The van der Waals surface area contributed by atoms with Crippen LogP contribution in [0.3, 0.4) is 0 Å². The lowest BCUT2D eigenvalue weighted by molar-refractivity contribution is -0.154. The number of unbranched alkanes of at least 4 members (excludes halogenated alkanes) is 19. The van der Waals surface area contributed by atoms with Crippen LogP contribution in [0.1, 0.15) is 194 Å². The maximum absolute atomic E-state index is 12.6. The molecule has 0 aliphatic carbocycles. The fourth-order valence-electron chi connectivity index (χ4n) is 6.19. The summed E-state index contributed by atoms with van der Waals surface area (Å²) in [6.45, 7) is 4.76. The summed E-state index contributed by atoms with van der Waals surface area (Å²) in [5.74, 6) is -0.347. The molecule has 0 aliphatic heterocycles. The van der Waals surface area contributed by atoms with E-state index in [1.807, 2.05) is 0 Å². The number of esters is 1. The van der Waals surface area contributed by atoms with Gasteiger partial charge in [-0.3, -0.25) is 13.8 Å². The molecule has 0 saturated heterocycles. The lowest BCUT2D eigenvalue weighted by atomic mass is 10.1. The summed E-state index contributed by atoms with van der Waals surface area (Å²) in [7, 11) is -4.29. The second-order valence-electron chi connectivity index (χ2n) is 15.2. The molecule has 0 fully saturated rings. The minimum atomic E-state index is -4.29. The predicted octanol–water partition coefficient (Wildman–Crippen LogP) is 14.3. The van der Waals surface area contributed by atoms with Crippen LogP contribution in [0.25, 0.3) is 0 Å². The van der Waals surface area contributed by atoms with E-state index in [0.29, 0.717) is 13.0 Å². The van der Waals surface area contributed by atoms with E-state index in [9.17, 15) is 14.3 Å². The average molecular weight is 834 g/mol. The highest BCUT2D eigenvalue weighted by atomic mass is 31.2. The zero-order chi connectivity index (χ0) is 42.3. The van der Waals surface area contributed by atoms with Gasteiger partial charge in [0.15, 0.2) is 0 Å². The molecule has 0 bridgehead atoms. The van der Waals surface area contributed by atoms with Crippen molar-refractivity contribution in [2.75, 3.05) is 33.0 Å². The molecule has 0 spiro atoms. The Morgan fingerprint density at radius 3 is 1.45 bits per heavy atom. The maximum Gasteiger partial charge on any atom is 0.472 e. The lowest BCUT2D eigenvalue weighted by Gasteiger charge is -2.20. The quantitative estimate of drug-likeness (QED) is 0.0270. The Morgan fingerprint density at radius 1 is 0.534 bits per heavy atom. The molecule has 0 aliphatic rings. The Hall–Kier alpha value is -2.06. The van der Waals surface area contributed by atoms with Crippen LogP contribution in [-0.4, -0.2) is 49.9 Å². The van der Waals surface area contributed by atoms with Gasteiger partial charge >= 0.3 is 13.8 Å². The van der Waals surface area contributed by atoms with Gasteiger partial charge in [-0.2, -0.15) is 0 Å². The zero-order valence-corrected chi connectivity index (χ0v) is 38.2. The number of carbonyl (C=O) groups is 1. The molecule has 58 heavy (non-hydrogen) atoms. The van der Waals surface area contributed by atoms with E-state index in [2.05, 4.69) is 86.8 Å². The highest BCUT2D eigenvalue weighted by molar-refractivity contribution is 7.47. The van der Waals surface area contributed by atoms with Gasteiger partial charge in [-0.25, -0.2) is 4.57 Å². The van der Waals surface area contributed by atoms with E-state index in [0.717, 1.165) is 83.5 Å². The number of carbonyl (C=O) groups excluding carboxylic acids is 1. The summed E-state index contributed by atoms with van der Waals surface area (Å²) in [5.41, 5.74) is 5.38. The number of ether oxygens (including phenoxy) is 2. The first-order valence-electron chi connectivity index (χ1n) is 23.4. The minimum absolute atomic E-state index is 0.0931. The number of hydrogen-bond acceptors (Lipinski definition) is 7. The van der Waals surface area contributed by atoms with Crippen molar-refractivity contribution in [3.63, 3.8) is 0 Å². The van der Waals surface area contributed by atoms with Gasteiger partial charge in [0.2, 0.25) is 0 Å². The third kappa shape index (κ3) is 45.0. The summed E-state index contributed by atoms with van der Waals surface area (Å²) < 4.78 is 33.5. The summed E-state index contributed by atoms with van der Waals surface area (Å²) in [4.78, 5) is 22.5. The number of phosphoric acid groups is 1. The Balaban J connectivity index is 4.05. The van der Waals surface area contributed by atoms with Crippen LogP contribution in [0.2, 0.25) is 0 Å². The molecule has 0 heterocycles. The molecule has 0 saturated carbocycles. The molecule has 0 amide bonds. The minimum Gasteiger partial charge on any atom is -0.457 e. The van der Waals surface area contributed by atoms with E-state index >= 15 is 0 Å². The Morgan fingerprint density at radius 2 is 0.966 bits per heavy atom. The van der Waals surface area contributed by atoms with Crippen LogP contribution >= 0.6 is 7.82 Å². The molecule has 0 rings (SSSR count). The molecule has 0 aromatic carbocycles. The number of phosphoric ester groups is 1. The largest absolute Gasteiger partial charge is 0.472 e. The van der Waals surface area contributed by atoms with E-state index in [-0.39, 0.29) is 32.3 Å². The Labute approximate surface area is 356 Å². The monoisotopic (exact) mass is 834 g/mol. The molecule has 0 aromatic heterocycles. The van der Waals surface area contributed by atoms with E-state index in [4.69, 9.17) is 24.3 Å². The smallest absolute Gasteiger partial charge is 0.457 e. The fourth-order valence-corrected chi connectivity index (χ4v) is 6.96. The number of allylic oxidation sites excluding steroid dienone is 12. The molecule has 3 N–H and O–H groups in total. The van der Waals surface area contributed by atoms with Gasteiger partial charge in [0, 0.05) is 19.6 Å². The topological polar surface area (TPSA) is 117 Å². The summed E-state index contributed by atoms with van der Waals surface area (Å²) >= 11 is 0. The molecular weight excluding hydrogens is 746 g/mol. The van der Waals surface area contributed by atoms with Crippen molar-refractivity contribution in [3.8, 4) is 0 Å². The van der Waals surface area contributed by atoms with Crippen LogP contribution in [0.4, 0.5) is 0 Å². The fraction of sp³-hybridized carbons (Fsp3) is 0.735. The third-order valence-corrected chi connectivity index (χ3v) is 10.6. The second kappa shape index (κ2) is 46.0. The zero-order valence-electron chi connectivity index (χ0n) is 37.3. The molecule has 8 nitrogen and oxygen atoms in total. The molecule has 2 unspecified atom stereocenters. The molecular formula is C49H88NO7P. The SMILES string of the molecule is CC/C=C\C/C=C\C/C=C\CCCCCCCCCCOCC(COP(=O)(O)OCCN)OC(=O)CCCCCCCC/C=C\C/C=C\C/C=C\CCCCCCC. The molecule has 336 valence electrons. The van der Waals surface area contributed by atoms with Gasteiger partial charge in [-0.05, 0) is 83.5 Å². The first-order valence-corrected chi connectivity index (χ1v) is 24.9. The van der Waals surface area contributed by atoms with E-state index < -0.39 is 13.9 Å². The highest BCUT2D eigenvalue weighted by Crippen LogP contribution is 2.43. The van der Waals surface area contributed by atoms with Crippen LogP contribution in [0.15, 0.2) is 72.9 Å². The second-order valence-corrected chi connectivity index (χ2v) is 16.7. The molecule has 0 radical (unpaired) electrons.